The molecule has 2 aromatic carbocycles. The maximum Gasteiger partial charge on any atom is 0.237 e. The first-order valence-electron chi connectivity index (χ1n) is 5.79. The number of carbonyl (C=O) groups excluding carboxylic acids is 1. The third kappa shape index (κ3) is 3.14. The Kier molecular flexibility index (Phi) is 4.42. The maximum atomic E-state index is 12.0. The molecule has 0 aliphatic carbocycles. The monoisotopic (exact) mass is 257 g/mol. The van der Waals surface area contributed by atoms with E-state index in [-0.39, 0.29) is 11.2 Å². The Morgan fingerprint density at radius 2 is 1.56 bits per heavy atom. The number of nitrogens with one attached hydrogen (secondary N) is 1. The Morgan fingerprint density at radius 3 is 2.11 bits per heavy atom. The highest BCUT2D eigenvalue weighted by atomic mass is 32.2. The van der Waals surface area contributed by atoms with Crippen molar-refractivity contribution in [2.24, 2.45) is 0 Å². The van der Waals surface area contributed by atoms with Crippen molar-refractivity contribution >= 4 is 17.7 Å². The molecule has 1 N–H and O–H groups in total. The van der Waals surface area contributed by atoms with E-state index in [1.165, 1.54) is 0 Å². The van der Waals surface area contributed by atoms with E-state index < -0.39 is 0 Å². The lowest BCUT2D eigenvalue weighted by Crippen LogP contribution is -2.23. The Hall–Kier alpha value is -1.74. The molecule has 2 rings (SSSR count). The molecule has 2 nitrogen and oxygen atoms in total. The number of carbonyl (C=O) groups is 1. The molecule has 0 radical (unpaired) electrons. The lowest BCUT2D eigenvalue weighted by molar-refractivity contribution is -0.120. The average Bonchev–Trinajstić information content (AvgIpc) is 2.46. The fourth-order valence-electron chi connectivity index (χ4n) is 1.67. The summed E-state index contributed by atoms with van der Waals surface area (Å²) >= 11 is 1.56. The second-order valence-corrected chi connectivity index (χ2v) is 5.01. The van der Waals surface area contributed by atoms with Gasteiger partial charge in [-0.3, -0.25) is 4.79 Å². The fourth-order valence-corrected chi connectivity index (χ4v) is 2.77. The second kappa shape index (κ2) is 6.26. The van der Waals surface area contributed by atoms with E-state index in [0.717, 1.165) is 10.5 Å². The lowest BCUT2D eigenvalue weighted by Gasteiger charge is -2.15. The molecule has 18 heavy (non-hydrogen) atoms. The van der Waals surface area contributed by atoms with Crippen molar-refractivity contribution in [1.82, 2.24) is 5.32 Å². The number of thioether (sulfide) groups is 1. The summed E-state index contributed by atoms with van der Waals surface area (Å²) in [4.78, 5) is 13.1. The Balaban J connectivity index is 2.24. The number of benzene rings is 2. The summed E-state index contributed by atoms with van der Waals surface area (Å²) in [5.41, 5.74) is 1.02. The van der Waals surface area contributed by atoms with Crippen LogP contribution in [0.4, 0.5) is 0 Å². The highest BCUT2D eigenvalue weighted by Crippen LogP contribution is 2.35. The highest BCUT2D eigenvalue weighted by Gasteiger charge is 2.20. The minimum atomic E-state index is -0.210. The molecule has 2 aromatic rings. The molecule has 1 atom stereocenters. The normalized spacial score (nSPS) is 11.8. The van der Waals surface area contributed by atoms with Crippen LogP contribution in [0.25, 0.3) is 0 Å². The zero-order valence-corrected chi connectivity index (χ0v) is 11.0. The predicted octanol–water partition coefficient (Wildman–Crippen LogP) is 3.27. The van der Waals surface area contributed by atoms with Crippen LogP contribution in [-0.4, -0.2) is 13.0 Å². The molecule has 0 bridgehead atoms. The maximum absolute atomic E-state index is 12.0. The highest BCUT2D eigenvalue weighted by molar-refractivity contribution is 8.00. The van der Waals surface area contributed by atoms with E-state index >= 15 is 0 Å². The van der Waals surface area contributed by atoms with Crippen LogP contribution in [0.2, 0.25) is 0 Å². The average molecular weight is 257 g/mol. The summed E-state index contributed by atoms with van der Waals surface area (Å²) in [6.07, 6.45) is 0. The zero-order valence-electron chi connectivity index (χ0n) is 10.2. The minimum Gasteiger partial charge on any atom is -0.358 e. The standard InChI is InChI=1S/C15H15NOS/c1-16-15(17)14(12-8-4-2-5-9-12)18-13-10-6-3-7-11-13/h2-11,14H,1H3,(H,16,17)/t14-/m0/s1. The zero-order chi connectivity index (χ0) is 12.8. The van der Waals surface area contributed by atoms with E-state index in [9.17, 15) is 4.79 Å². The largest absolute Gasteiger partial charge is 0.358 e. The molecule has 0 heterocycles. The van der Waals surface area contributed by atoms with Gasteiger partial charge in [0.15, 0.2) is 0 Å². The number of amides is 1. The van der Waals surface area contributed by atoms with Gasteiger partial charge in [0.25, 0.3) is 0 Å². The number of likely N-dealkylation sites (N-methyl/N-ethyl adjacent to an activating group) is 1. The smallest absolute Gasteiger partial charge is 0.237 e. The molecule has 3 heteroatoms. The van der Waals surface area contributed by atoms with Gasteiger partial charge >= 0.3 is 0 Å². The molecule has 0 aromatic heterocycles. The van der Waals surface area contributed by atoms with Crippen molar-refractivity contribution in [2.75, 3.05) is 7.05 Å². The van der Waals surface area contributed by atoms with Crippen molar-refractivity contribution in [3.63, 3.8) is 0 Å². The van der Waals surface area contributed by atoms with Crippen LogP contribution in [0.3, 0.4) is 0 Å². The topological polar surface area (TPSA) is 29.1 Å². The summed E-state index contributed by atoms with van der Waals surface area (Å²) < 4.78 is 0. The van der Waals surface area contributed by atoms with Crippen molar-refractivity contribution in [3.8, 4) is 0 Å². The van der Waals surface area contributed by atoms with Crippen LogP contribution in [0.5, 0.6) is 0 Å². The van der Waals surface area contributed by atoms with E-state index in [1.54, 1.807) is 18.8 Å². The number of rotatable bonds is 4. The van der Waals surface area contributed by atoms with E-state index in [1.807, 2.05) is 60.7 Å². The summed E-state index contributed by atoms with van der Waals surface area (Å²) in [6.45, 7) is 0. The Morgan fingerprint density at radius 1 is 1.00 bits per heavy atom. The van der Waals surface area contributed by atoms with Crippen LogP contribution in [0, 0.1) is 0 Å². The summed E-state index contributed by atoms with van der Waals surface area (Å²) in [5, 5.41) is 2.51. The Labute approximate surface area is 111 Å². The Bertz CT molecular complexity index is 498. The van der Waals surface area contributed by atoms with Crippen LogP contribution in [0.1, 0.15) is 10.8 Å². The molecule has 0 unspecified atom stereocenters. The SMILES string of the molecule is CNC(=O)[C@@H](Sc1ccccc1)c1ccccc1. The molecule has 0 aliphatic heterocycles. The molecule has 1 amide bonds. The first-order valence-corrected chi connectivity index (χ1v) is 6.67. The molecule has 92 valence electrons. The third-order valence-electron chi connectivity index (χ3n) is 2.58. The van der Waals surface area contributed by atoms with Gasteiger partial charge in [-0.05, 0) is 17.7 Å². The van der Waals surface area contributed by atoms with Gasteiger partial charge in [0.05, 0.1) is 0 Å². The molecule has 0 aliphatic rings. The molecular weight excluding hydrogens is 242 g/mol. The third-order valence-corrected chi connectivity index (χ3v) is 3.85. The summed E-state index contributed by atoms with van der Waals surface area (Å²) in [7, 11) is 1.67. The van der Waals surface area contributed by atoms with Gasteiger partial charge < -0.3 is 5.32 Å². The second-order valence-electron chi connectivity index (χ2n) is 3.84. The van der Waals surface area contributed by atoms with E-state index in [4.69, 9.17) is 0 Å². The van der Waals surface area contributed by atoms with E-state index in [2.05, 4.69) is 5.32 Å². The van der Waals surface area contributed by atoms with Gasteiger partial charge in [-0.2, -0.15) is 0 Å². The van der Waals surface area contributed by atoms with Crippen molar-refractivity contribution in [2.45, 2.75) is 10.1 Å². The predicted molar refractivity (Wildman–Crippen MR) is 75.5 cm³/mol. The van der Waals surface area contributed by atoms with Gasteiger partial charge in [0, 0.05) is 11.9 Å². The number of hydrogen-bond donors (Lipinski definition) is 1. The van der Waals surface area contributed by atoms with Crippen LogP contribution >= 0.6 is 11.8 Å². The fraction of sp³-hybridized carbons (Fsp3) is 0.133. The summed E-state index contributed by atoms with van der Waals surface area (Å²) in [6, 6.07) is 19.8. The van der Waals surface area contributed by atoms with Crippen molar-refractivity contribution in [1.29, 1.82) is 0 Å². The molecule has 0 spiro atoms. The molecular formula is C15H15NOS. The van der Waals surface area contributed by atoms with E-state index in [0.29, 0.717) is 0 Å². The van der Waals surface area contributed by atoms with Crippen LogP contribution in [-0.2, 0) is 4.79 Å². The van der Waals surface area contributed by atoms with Crippen LogP contribution < -0.4 is 5.32 Å². The molecule has 0 saturated carbocycles. The summed E-state index contributed by atoms with van der Waals surface area (Å²) in [5.74, 6) is 0.0232. The quantitative estimate of drug-likeness (QED) is 0.852. The van der Waals surface area contributed by atoms with Crippen molar-refractivity contribution < 1.29 is 4.79 Å². The van der Waals surface area contributed by atoms with Gasteiger partial charge in [-0.25, -0.2) is 0 Å². The minimum absolute atomic E-state index is 0.0232. The van der Waals surface area contributed by atoms with Gasteiger partial charge in [-0.15, -0.1) is 11.8 Å². The first-order chi connectivity index (χ1) is 8.81. The van der Waals surface area contributed by atoms with Gasteiger partial charge in [0.1, 0.15) is 5.25 Å². The van der Waals surface area contributed by atoms with Gasteiger partial charge in [-0.1, -0.05) is 48.5 Å². The van der Waals surface area contributed by atoms with Crippen molar-refractivity contribution in [3.05, 3.63) is 66.2 Å². The molecule has 0 saturated heterocycles. The van der Waals surface area contributed by atoms with Crippen LogP contribution in [0.15, 0.2) is 65.6 Å². The lowest BCUT2D eigenvalue weighted by atomic mass is 10.1. The first kappa shape index (κ1) is 12.7. The number of hydrogen-bond acceptors (Lipinski definition) is 2. The van der Waals surface area contributed by atoms with Gasteiger partial charge in [0.2, 0.25) is 5.91 Å². The molecule has 0 fully saturated rings.